The summed E-state index contributed by atoms with van der Waals surface area (Å²) in [6.07, 6.45) is 2.93. The molecule has 0 aliphatic rings. The number of amides is 1. The first-order valence-electron chi connectivity index (χ1n) is 5.14. The van der Waals surface area contributed by atoms with Gasteiger partial charge in [-0.25, -0.2) is 4.39 Å². The van der Waals surface area contributed by atoms with Crippen LogP contribution in [0.3, 0.4) is 0 Å². The fourth-order valence-electron chi connectivity index (χ4n) is 1.35. The minimum atomic E-state index is -0.646. The number of nitrogens with one attached hydrogen (secondary N) is 1. The van der Waals surface area contributed by atoms with Crippen molar-refractivity contribution >= 4 is 17.5 Å². The number of aromatic nitrogens is 1. The molecule has 1 N–H and O–H groups in total. The summed E-state index contributed by atoms with van der Waals surface area (Å²) in [6, 6.07) is 1.10. The van der Waals surface area contributed by atoms with Gasteiger partial charge in [0.05, 0.1) is 24.4 Å². The van der Waals surface area contributed by atoms with Crippen LogP contribution in [0, 0.1) is 5.82 Å². The zero-order valence-corrected chi connectivity index (χ0v) is 10.2. The highest BCUT2D eigenvalue weighted by Gasteiger charge is 2.16. The molecule has 1 heterocycles. The van der Waals surface area contributed by atoms with E-state index in [2.05, 4.69) is 10.3 Å². The molecule has 0 aliphatic heterocycles. The third-order valence-corrected chi connectivity index (χ3v) is 2.40. The maximum Gasteiger partial charge on any atom is 0.254 e. The topological polar surface area (TPSA) is 51.2 Å². The molecule has 0 spiro atoms. The molecular formula is C11H14ClFN2O2. The van der Waals surface area contributed by atoms with Crippen molar-refractivity contribution in [3.05, 3.63) is 29.8 Å². The van der Waals surface area contributed by atoms with Crippen LogP contribution < -0.4 is 5.32 Å². The van der Waals surface area contributed by atoms with E-state index in [4.69, 9.17) is 16.3 Å². The van der Waals surface area contributed by atoms with Gasteiger partial charge in [0, 0.05) is 19.2 Å². The summed E-state index contributed by atoms with van der Waals surface area (Å²) in [6.45, 7) is 0.338. The van der Waals surface area contributed by atoms with Gasteiger partial charge in [-0.1, -0.05) is 0 Å². The van der Waals surface area contributed by atoms with Gasteiger partial charge in [0.15, 0.2) is 5.82 Å². The Morgan fingerprint density at radius 2 is 2.47 bits per heavy atom. The third kappa shape index (κ3) is 4.28. The molecule has 1 amide bonds. The SMILES string of the molecule is COCC(CCCl)NC(=O)c1ccncc1F. The molecule has 4 nitrogen and oxygen atoms in total. The van der Waals surface area contributed by atoms with Gasteiger partial charge >= 0.3 is 0 Å². The van der Waals surface area contributed by atoms with E-state index < -0.39 is 11.7 Å². The molecule has 1 unspecified atom stereocenters. The first kappa shape index (κ1) is 13.9. The van der Waals surface area contributed by atoms with E-state index in [1.807, 2.05) is 0 Å². The predicted octanol–water partition coefficient (Wildman–Crippen LogP) is 1.59. The molecule has 0 saturated heterocycles. The molecule has 1 atom stereocenters. The van der Waals surface area contributed by atoms with Gasteiger partial charge in [0.2, 0.25) is 0 Å². The zero-order valence-electron chi connectivity index (χ0n) is 9.45. The quantitative estimate of drug-likeness (QED) is 0.791. The molecule has 0 bridgehead atoms. The van der Waals surface area contributed by atoms with Crippen molar-refractivity contribution in [2.24, 2.45) is 0 Å². The second-order valence-corrected chi connectivity index (χ2v) is 3.84. The van der Waals surface area contributed by atoms with Gasteiger partial charge in [-0.05, 0) is 12.5 Å². The maximum atomic E-state index is 13.3. The highest BCUT2D eigenvalue weighted by Crippen LogP contribution is 2.05. The van der Waals surface area contributed by atoms with Crippen LogP contribution in [0.4, 0.5) is 4.39 Å². The van der Waals surface area contributed by atoms with E-state index in [0.29, 0.717) is 18.9 Å². The largest absolute Gasteiger partial charge is 0.383 e. The van der Waals surface area contributed by atoms with E-state index in [1.165, 1.54) is 19.4 Å². The molecule has 1 aromatic heterocycles. The second-order valence-electron chi connectivity index (χ2n) is 3.46. The molecule has 0 radical (unpaired) electrons. The third-order valence-electron chi connectivity index (χ3n) is 2.18. The Morgan fingerprint density at radius 3 is 3.06 bits per heavy atom. The number of nitrogens with zero attached hydrogens (tertiary/aromatic N) is 1. The van der Waals surface area contributed by atoms with Gasteiger partial charge in [-0.3, -0.25) is 9.78 Å². The molecule has 1 aromatic rings. The number of carbonyl (C=O) groups excluding carboxylic acids is 1. The lowest BCUT2D eigenvalue weighted by molar-refractivity contribution is 0.0891. The fraction of sp³-hybridized carbons (Fsp3) is 0.455. The molecule has 94 valence electrons. The van der Waals surface area contributed by atoms with Crippen molar-refractivity contribution in [3.63, 3.8) is 0 Å². The van der Waals surface area contributed by atoms with Crippen LogP contribution in [0.25, 0.3) is 0 Å². The average Bonchev–Trinajstić information content (AvgIpc) is 2.30. The Hall–Kier alpha value is -1.20. The summed E-state index contributed by atoms with van der Waals surface area (Å²) in [5, 5.41) is 2.66. The lowest BCUT2D eigenvalue weighted by Crippen LogP contribution is -2.38. The van der Waals surface area contributed by atoms with Gasteiger partial charge in [0.25, 0.3) is 5.91 Å². The number of alkyl halides is 1. The summed E-state index contributed by atoms with van der Waals surface area (Å²) in [5.41, 5.74) is -0.0318. The number of rotatable bonds is 6. The predicted molar refractivity (Wildman–Crippen MR) is 62.7 cm³/mol. The Bertz CT molecular complexity index is 370. The number of carbonyl (C=O) groups is 1. The summed E-state index contributed by atoms with van der Waals surface area (Å²) < 4.78 is 18.2. The van der Waals surface area contributed by atoms with Gasteiger partial charge in [-0.2, -0.15) is 0 Å². The van der Waals surface area contributed by atoms with Crippen LogP contribution in [0.1, 0.15) is 16.8 Å². The Labute approximate surface area is 104 Å². The van der Waals surface area contributed by atoms with Crippen molar-refractivity contribution in [1.82, 2.24) is 10.3 Å². The van der Waals surface area contributed by atoms with Gasteiger partial charge < -0.3 is 10.1 Å². The molecule has 0 aliphatic carbocycles. The van der Waals surface area contributed by atoms with E-state index in [9.17, 15) is 9.18 Å². The van der Waals surface area contributed by atoms with Crippen LogP contribution >= 0.6 is 11.6 Å². The Balaban J connectivity index is 2.67. The number of hydrogen-bond acceptors (Lipinski definition) is 3. The molecule has 0 fully saturated rings. The zero-order chi connectivity index (χ0) is 12.7. The van der Waals surface area contributed by atoms with Crippen LogP contribution in [0.2, 0.25) is 0 Å². The average molecular weight is 261 g/mol. The van der Waals surface area contributed by atoms with Crippen LogP contribution in [0.5, 0.6) is 0 Å². The van der Waals surface area contributed by atoms with E-state index in [-0.39, 0.29) is 11.6 Å². The minimum Gasteiger partial charge on any atom is -0.383 e. The highest BCUT2D eigenvalue weighted by molar-refractivity contribution is 6.17. The van der Waals surface area contributed by atoms with E-state index >= 15 is 0 Å². The summed E-state index contributed by atoms with van der Waals surface area (Å²) in [7, 11) is 1.53. The molecular weight excluding hydrogens is 247 g/mol. The highest BCUT2D eigenvalue weighted by atomic mass is 35.5. The summed E-state index contributed by atoms with van der Waals surface area (Å²) in [5.74, 6) is -0.739. The Morgan fingerprint density at radius 1 is 1.71 bits per heavy atom. The smallest absolute Gasteiger partial charge is 0.254 e. The van der Waals surface area contributed by atoms with Crippen molar-refractivity contribution in [1.29, 1.82) is 0 Å². The Kier molecular flexibility index (Phi) is 5.86. The molecule has 0 aromatic carbocycles. The lowest BCUT2D eigenvalue weighted by Gasteiger charge is -2.16. The van der Waals surface area contributed by atoms with Gasteiger partial charge in [-0.15, -0.1) is 11.6 Å². The first-order chi connectivity index (χ1) is 8.19. The number of hydrogen-bond donors (Lipinski definition) is 1. The minimum absolute atomic E-state index is 0.0318. The van der Waals surface area contributed by atoms with Gasteiger partial charge in [0.1, 0.15) is 0 Å². The maximum absolute atomic E-state index is 13.3. The number of ether oxygens (including phenoxy) is 1. The molecule has 6 heteroatoms. The second kappa shape index (κ2) is 7.19. The number of methoxy groups -OCH3 is 1. The molecule has 0 saturated carbocycles. The number of halogens is 2. The monoisotopic (exact) mass is 260 g/mol. The molecule has 1 rings (SSSR count). The lowest BCUT2D eigenvalue weighted by atomic mass is 10.2. The number of pyridine rings is 1. The standard InChI is InChI=1S/C11H14ClFN2O2/c1-17-7-8(2-4-12)15-11(16)9-3-5-14-6-10(9)13/h3,5-6,8H,2,4,7H2,1H3,(H,15,16). The van der Waals surface area contributed by atoms with Crippen molar-refractivity contribution in [2.75, 3.05) is 19.6 Å². The summed E-state index contributed by atoms with van der Waals surface area (Å²) >= 11 is 5.60. The normalized spacial score (nSPS) is 12.2. The molecule has 17 heavy (non-hydrogen) atoms. The van der Waals surface area contributed by atoms with Crippen LogP contribution in [-0.2, 0) is 4.74 Å². The summed E-state index contributed by atoms with van der Waals surface area (Å²) in [4.78, 5) is 15.3. The van der Waals surface area contributed by atoms with Crippen LogP contribution in [0.15, 0.2) is 18.5 Å². The van der Waals surface area contributed by atoms with Crippen molar-refractivity contribution < 1.29 is 13.9 Å². The van der Waals surface area contributed by atoms with Crippen molar-refractivity contribution in [2.45, 2.75) is 12.5 Å². The fourth-order valence-corrected chi connectivity index (χ4v) is 1.62. The first-order valence-corrected chi connectivity index (χ1v) is 5.67. The van der Waals surface area contributed by atoms with E-state index in [0.717, 1.165) is 6.20 Å². The van der Waals surface area contributed by atoms with Crippen molar-refractivity contribution in [3.8, 4) is 0 Å². The van der Waals surface area contributed by atoms with Crippen LogP contribution in [-0.4, -0.2) is 36.5 Å². The van der Waals surface area contributed by atoms with E-state index in [1.54, 1.807) is 0 Å².